The van der Waals surface area contributed by atoms with Crippen LogP contribution in [0.15, 0.2) is 72.8 Å². The number of allylic oxidation sites excluding steroid dienone is 1. The fourth-order valence-corrected chi connectivity index (χ4v) is 4.95. The normalized spacial score (nSPS) is 21.5. The lowest BCUT2D eigenvalue weighted by Gasteiger charge is -2.43. The van der Waals surface area contributed by atoms with Gasteiger partial charge in [-0.1, -0.05) is 87.9 Å². The molecule has 1 aliphatic rings. The van der Waals surface area contributed by atoms with Crippen LogP contribution < -0.4 is 0 Å². The van der Waals surface area contributed by atoms with Gasteiger partial charge >= 0.3 is 0 Å². The van der Waals surface area contributed by atoms with Crippen molar-refractivity contribution in [2.45, 2.75) is 104 Å². The van der Waals surface area contributed by atoms with Gasteiger partial charge in [0, 0.05) is 19.4 Å². The van der Waals surface area contributed by atoms with Crippen molar-refractivity contribution in [3.8, 4) is 0 Å². The molecule has 2 aromatic rings. The van der Waals surface area contributed by atoms with Crippen LogP contribution in [0.4, 0.5) is 0 Å². The van der Waals surface area contributed by atoms with Crippen LogP contribution in [0.25, 0.3) is 0 Å². The van der Waals surface area contributed by atoms with E-state index in [0.717, 1.165) is 24.8 Å². The maximum Gasteiger partial charge on any atom is 0.163 e. The molecule has 3 rings (SSSR count). The lowest BCUT2D eigenvalue weighted by Crippen LogP contribution is -2.49. The Hall–Kier alpha value is -2.31. The maximum absolute atomic E-state index is 12.8. The molecule has 1 aliphatic heterocycles. The van der Waals surface area contributed by atoms with Gasteiger partial charge in [0.25, 0.3) is 0 Å². The zero-order chi connectivity index (χ0) is 28.1. The smallest absolute Gasteiger partial charge is 0.163 e. The van der Waals surface area contributed by atoms with Gasteiger partial charge in [-0.25, -0.2) is 0 Å². The van der Waals surface area contributed by atoms with Crippen molar-refractivity contribution < 1.29 is 23.7 Å². The Morgan fingerprint density at radius 1 is 0.974 bits per heavy atom. The Morgan fingerprint density at radius 3 is 2.26 bits per heavy atom. The van der Waals surface area contributed by atoms with E-state index in [1.807, 2.05) is 68.5 Å². The highest BCUT2D eigenvalue weighted by Gasteiger charge is 2.38. The lowest BCUT2D eigenvalue weighted by molar-refractivity contribution is -0.313. The maximum atomic E-state index is 12.8. The molecule has 0 amide bonds. The minimum absolute atomic E-state index is 0.0245. The Balaban J connectivity index is 1.60. The van der Waals surface area contributed by atoms with Crippen molar-refractivity contribution in [1.29, 1.82) is 0 Å². The average Bonchev–Trinajstić information content (AvgIpc) is 2.92. The SMILES string of the molecule is CC[C@H](C)[C@@H](C)CC(=O)/C=C\[C@@H](OCc1ccccc1)[C@H]1C[C@H](CCCOCc2ccccc2)OC(C)(C)O1. The van der Waals surface area contributed by atoms with Crippen molar-refractivity contribution >= 4 is 5.78 Å². The molecule has 5 nitrogen and oxygen atoms in total. The Morgan fingerprint density at radius 2 is 1.62 bits per heavy atom. The van der Waals surface area contributed by atoms with Gasteiger partial charge in [0.1, 0.15) is 6.10 Å². The number of rotatable bonds is 16. The zero-order valence-electron chi connectivity index (χ0n) is 24.5. The third-order valence-electron chi connectivity index (χ3n) is 7.57. The number of ether oxygens (including phenoxy) is 4. The highest BCUT2D eigenvalue weighted by atomic mass is 16.7. The molecule has 0 aliphatic carbocycles. The van der Waals surface area contributed by atoms with Gasteiger partial charge in [-0.15, -0.1) is 0 Å². The molecule has 1 saturated heterocycles. The van der Waals surface area contributed by atoms with Crippen molar-refractivity contribution in [1.82, 2.24) is 0 Å². The molecule has 0 bridgehead atoms. The summed E-state index contributed by atoms with van der Waals surface area (Å²) in [6.45, 7) is 12.2. The third kappa shape index (κ3) is 11.4. The van der Waals surface area contributed by atoms with Gasteiger partial charge in [-0.3, -0.25) is 4.79 Å². The van der Waals surface area contributed by atoms with Gasteiger partial charge < -0.3 is 18.9 Å². The van der Waals surface area contributed by atoms with Crippen LogP contribution in [0.3, 0.4) is 0 Å². The highest BCUT2D eigenvalue weighted by Crippen LogP contribution is 2.32. The summed E-state index contributed by atoms with van der Waals surface area (Å²) in [5.41, 5.74) is 2.27. The van der Waals surface area contributed by atoms with E-state index in [2.05, 4.69) is 32.9 Å². The average molecular weight is 537 g/mol. The van der Waals surface area contributed by atoms with Crippen molar-refractivity contribution in [3.63, 3.8) is 0 Å². The molecule has 5 heteroatoms. The van der Waals surface area contributed by atoms with E-state index >= 15 is 0 Å². The summed E-state index contributed by atoms with van der Waals surface area (Å²) in [6, 6.07) is 20.3. The van der Waals surface area contributed by atoms with Gasteiger partial charge in [-0.2, -0.15) is 0 Å². The summed E-state index contributed by atoms with van der Waals surface area (Å²) in [7, 11) is 0. The first-order chi connectivity index (χ1) is 18.8. The molecule has 214 valence electrons. The number of hydrogen-bond acceptors (Lipinski definition) is 5. The molecule has 0 N–H and O–H groups in total. The van der Waals surface area contributed by atoms with E-state index in [4.69, 9.17) is 18.9 Å². The third-order valence-corrected chi connectivity index (χ3v) is 7.57. The molecule has 0 saturated carbocycles. The predicted octanol–water partition coefficient (Wildman–Crippen LogP) is 7.68. The Bertz CT molecular complexity index is 987. The van der Waals surface area contributed by atoms with E-state index in [0.29, 0.717) is 44.5 Å². The van der Waals surface area contributed by atoms with Gasteiger partial charge in [0.05, 0.1) is 25.4 Å². The molecule has 0 radical (unpaired) electrons. The molecule has 1 fully saturated rings. The second kappa shape index (κ2) is 16.1. The molecule has 5 atom stereocenters. The standard InChI is InChI=1S/C34H48O5/c1-6-26(2)27(3)22-30(35)19-20-32(37-25-29-16-11-8-12-17-29)33-23-31(38-34(4,5)39-33)18-13-21-36-24-28-14-9-7-10-15-28/h7-12,14-17,19-20,26-27,31-33H,6,13,18,21-25H2,1-5H3/b20-19-/t26-,27-,31-,32+,33+/m0/s1. The van der Waals surface area contributed by atoms with Gasteiger partial charge in [-0.05, 0) is 61.8 Å². The fourth-order valence-electron chi connectivity index (χ4n) is 4.95. The van der Waals surface area contributed by atoms with E-state index in [1.165, 1.54) is 5.56 Å². The van der Waals surface area contributed by atoms with Crippen LogP contribution in [-0.2, 0) is 37.0 Å². The molecular formula is C34H48O5. The fraction of sp³-hybridized carbons (Fsp3) is 0.559. The van der Waals surface area contributed by atoms with Crippen LogP contribution in [0.5, 0.6) is 0 Å². The van der Waals surface area contributed by atoms with Crippen LogP contribution in [0, 0.1) is 11.8 Å². The van der Waals surface area contributed by atoms with Crippen LogP contribution in [0.1, 0.15) is 77.8 Å². The van der Waals surface area contributed by atoms with Crippen LogP contribution in [0.2, 0.25) is 0 Å². The van der Waals surface area contributed by atoms with Crippen LogP contribution in [-0.4, -0.2) is 36.5 Å². The summed E-state index contributed by atoms with van der Waals surface area (Å²) in [5, 5.41) is 0. The van der Waals surface area contributed by atoms with Crippen molar-refractivity contribution in [2.75, 3.05) is 6.61 Å². The number of carbonyl (C=O) groups excluding carboxylic acids is 1. The van der Waals surface area contributed by atoms with E-state index < -0.39 is 5.79 Å². The summed E-state index contributed by atoms with van der Waals surface area (Å²) in [6.07, 6.45) is 7.15. The summed E-state index contributed by atoms with van der Waals surface area (Å²) < 4.78 is 24.9. The minimum Gasteiger partial charge on any atom is -0.377 e. The van der Waals surface area contributed by atoms with Gasteiger partial charge in [0.2, 0.25) is 0 Å². The van der Waals surface area contributed by atoms with Crippen molar-refractivity contribution in [2.24, 2.45) is 11.8 Å². The Kier molecular flexibility index (Phi) is 12.9. The summed E-state index contributed by atoms with van der Waals surface area (Å²) in [5.74, 6) is 0.261. The van der Waals surface area contributed by atoms with Gasteiger partial charge in [0.15, 0.2) is 11.6 Å². The number of ketones is 1. The second-order valence-electron chi connectivity index (χ2n) is 11.4. The minimum atomic E-state index is -0.740. The largest absolute Gasteiger partial charge is 0.377 e. The predicted molar refractivity (Wildman–Crippen MR) is 156 cm³/mol. The first kappa shape index (κ1) is 31.2. The molecule has 2 aromatic carbocycles. The number of hydrogen-bond donors (Lipinski definition) is 0. The first-order valence-electron chi connectivity index (χ1n) is 14.6. The highest BCUT2D eigenvalue weighted by molar-refractivity contribution is 5.89. The quantitative estimate of drug-likeness (QED) is 0.163. The number of carbonyl (C=O) groups is 1. The Labute approximate surface area is 235 Å². The van der Waals surface area contributed by atoms with Crippen molar-refractivity contribution in [3.05, 3.63) is 83.9 Å². The molecular weight excluding hydrogens is 488 g/mol. The first-order valence-corrected chi connectivity index (χ1v) is 14.6. The van der Waals surface area contributed by atoms with E-state index in [9.17, 15) is 4.79 Å². The molecule has 39 heavy (non-hydrogen) atoms. The summed E-state index contributed by atoms with van der Waals surface area (Å²) >= 11 is 0. The van der Waals surface area contributed by atoms with E-state index in [-0.39, 0.29) is 24.1 Å². The monoisotopic (exact) mass is 536 g/mol. The molecule has 0 spiro atoms. The molecule has 1 heterocycles. The topological polar surface area (TPSA) is 54.0 Å². The van der Waals surface area contributed by atoms with E-state index in [1.54, 1.807) is 6.08 Å². The van der Waals surface area contributed by atoms with Crippen LogP contribution >= 0.6 is 0 Å². The zero-order valence-corrected chi connectivity index (χ0v) is 24.5. The summed E-state index contributed by atoms with van der Waals surface area (Å²) in [4.78, 5) is 12.8. The molecule has 0 aromatic heterocycles. The molecule has 0 unspecified atom stereocenters. The number of benzene rings is 2. The lowest BCUT2D eigenvalue weighted by atomic mass is 9.89. The second-order valence-corrected chi connectivity index (χ2v) is 11.4.